The molecule has 1 heterocycles. The van der Waals surface area contributed by atoms with Crippen molar-refractivity contribution in [1.29, 1.82) is 0 Å². The normalized spacial score (nSPS) is 18.4. The Balaban J connectivity index is 1.84. The van der Waals surface area contributed by atoms with E-state index in [4.69, 9.17) is 9.47 Å². The second-order valence-corrected chi connectivity index (χ2v) is 6.44. The zero-order chi connectivity index (χ0) is 21.0. The van der Waals surface area contributed by atoms with Gasteiger partial charge < -0.3 is 14.8 Å². The summed E-state index contributed by atoms with van der Waals surface area (Å²) >= 11 is 0. The average molecular weight is 397 g/mol. The molecule has 1 saturated heterocycles. The summed E-state index contributed by atoms with van der Waals surface area (Å²) in [4.78, 5) is 38.3. The topological polar surface area (TPSA) is 97.0 Å². The fourth-order valence-electron chi connectivity index (χ4n) is 3.29. The number of hydrogen-bond donors (Lipinski definition) is 2. The van der Waals surface area contributed by atoms with Crippen LogP contribution < -0.4 is 20.2 Å². The van der Waals surface area contributed by atoms with E-state index in [1.807, 2.05) is 13.0 Å². The van der Waals surface area contributed by atoms with Gasteiger partial charge >= 0.3 is 6.03 Å². The second kappa shape index (κ2) is 8.22. The first kappa shape index (κ1) is 20.2. The van der Waals surface area contributed by atoms with Crippen molar-refractivity contribution >= 4 is 17.8 Å². The molecule has 1 aliphatic heterocycles. The number of benzene rings is 2. The third-order valence-electron chi connectivity index (χ3n) is 4.83. The van der Waals surface area contributed by atoms with Crippen LogP contribution in [0.4, 0.5) is 4.79 Å². The summed E-state index contributed by atoms with van der Waals surface area (Å²) in [7, 11) is 1.46. The highest BCUT2D eigenvalue weighted by atomic mass is 16.5. The van der Waals surface area contributed by atoms with Crippen molar-refractivity contribution in [2.24, 2.45) is 0 Å². The molecule has 2 N–H and O–H groups in total. The van der Waals surface area contributed by atoms with Gasteiger partial charge in [-0.15, -0.1) is 0 Å². The Hall–Kier alpha value is -3.55. The fourth-order valence-corrected chi connectivity index (χ4v) is 3.29. The van der Waals surface area contributed by atoms with Crippen molar-refractivity contribution in [3.05, 3.63) is 59.7 Å². The highest BCUT2D eigenvalue weighted by molar-refractivity contribution is 6.09. The number of hydrogen-bond acceptors (Lipinski definition) is 5. The van der Waals surface area contributed by atoms with Crippen LogP contribution in [0.5, 0.6) is 11.5 Å². The first-order valence-corrected chi connectivity index (χ1v) is 9.30. The van der Waals surface area contributed by atoms with E-state index in [0.717, 1.165) is 5.01 Å². The van der Waals surface area contributed by atoms with E-state index in [1.54, 1.807) is 37.3 Å². The van der Waals surface area contributed by atoms with Crippen LogP contribution in [0.25, 0.3) is 0 Å². The van der Waals surface area contributed by atoms with E-state index in [0.29, 0.717) is 30.1 Å². The fraction of sp³-hybridized carbons (Fsp3) is 0.286. The van der Waals surface area contributed by atoms with Gasteiger partial charge in [0.1, 0.15) is 5.54 Å². The van der Waals surface area contributed by atoms with Gasteiger partial charge in [-0.2, -0.15) is 5.01 Å². The minimum Gasteiger partial charge on any atom is -0.493 e. The van der Waals surface area contributed by atoms with Crippen LogP contribution in [0.3, 0.4) is 0 Å². The molecule has 2 aromatic rings. The largest absolute Gasteiger partial charge is 0.493 e. The minimum atomic E-state index is -1.22. The van der Waals surface area contributed by atoms with E-state index in [9.17, 15) is 14.4 Å². The number of urea groups is 1. The number of imide groups is 1. The molecule has 8 heteroatoms. The highest BCUT2D eigenvalue weighted by Gasteiger charge is 2.52. The van der Waals surface area contributed by atoms with Gasteiger partial charge in [-0.3, -0.25) is 15.0 Å². The van der Waals surface area contributed by atoms with Crippen LogP contribution in [0.2, 0.25) is 0 Å². The molecule has 8 nitrogen and oxygen atoms in total. The van der Waals surface area contributed by atoms with Crippen LogP contribution in [0.1, 0.15) is 36.2 Å². The Morgan fingerprint density at radius 2 is 1.83 bits per heavy atom. The van der Waals surface area contributed by atoms with E-state index < -0.39 is 23.4 Å². The van der Waals surface area contributed by atoms with Gasteiger partial charge in [0.25, 0.3) is 11.8 Å². The van der Waals surface area contributed by atoms with E-state index in [2.05, 4.69) is 10.7 Å². The number of ether oxygens (including phenoxy) is 2. The molecule has 4 amide bonds. The third kappa shape index (κ3) is 3.61. The van der Waals surface area contributed by atoms with Crippen molar-refractivity contribution in [2.45, 2.75) is 25.8 Å². The lowest BCUT2D eigenvalue weighted by Crippen LogP contribution is -2.48. The van der Waals surface area contributed by atoms with Gasteiger partial charge in [0, 0.05) is 5.56 Å². The van der Waals surface area contributed by atoms with Gasteiger partial charge in [0.15, 0.2) is 11.5 Å². The van der Waals surface area contributed by atoms with Crippen LogP contribution in [-0.4, -0.2) is 36.6 Å². The number of methoxy groups -OCH3 is 1. The Kier molecular flexibility index (Phi) is 5.72. The second-order valence-electron chi connectivity index (χ2n) is 6.44. The zero-order valence-electron chi connectivity index (χ0n) is 16.5. The molecule has 1 aliphatic rings. The number of hydrazine groups is 1. The number of amides is 4. The van der Waals surface area contributed by atoms with Gasteiger partial charge in [0.2, 0.25) is 0 Å². The zero-order valence-corrected chi connectivity index (χ0v) is 16.5. The summed E-state index contributed by atoms with van der Waals surface area (Å²) in [5.41, 5.74) is 2.05. The van der Waals surface area contributed by atoms with Crippen molar-refractivity contribution in [3.63, 3.8) is 0 Å². The molecule has 29 heavy (non-hydrogen) atoms. The molecule has 0 aliphatic carbocycles. The van der Waals surface area contributed by atoms with Gasteiger partial charge in [-0.05, 0) is 37.1 Å². The quantitative estimate of drug-likeness (QED) is 0.700. The first-order chi connectivity index (χ1) is 14.0. The van der Waals surface area contributed by atoms with Gasteiger partial charge in [0.05, 0.1) is 13.7 Å². The number of carbonyl (C=O) groups is 3. The molecule has 0 spiro atoms. The van der Waals surface area contributed by atoms with Crippen molar-refractivity contribution in [3.8, 4) is 11.5 Å². The first-order valence-electron chi connectivity index (χ1n) is 9.30. The molecule has 2 aromatic carbocycles. The maximum atomic E-state index is 13.1. The molecule has 0 saturated carbocycles. The van der Waals surface area contributed by atoms with Crippen LogP contribution in [0, 0.1) is 0 Å². The van der Waals surface area contributed by atoms with Crippen molar-refractivity contribution in [2.75, 3.05) is 13.7 Å². The van der Waals surface area contributed by atoms with Gasteiger partial charge in [-0.25, -0.2) is 4.79 Å². The standard InChI is InChI=1S/C21H23N3O5/c1-4-21(15-9-7-6-8-10-15)19(26)24(20(27)22-21)23-18(25)14-11-12-16(29-5-2)17(13-14)28-3/h6-13H,4-5H2,1-3H3,(H,22,27)(H,23,25)/t21-/m1/s1. The van der Waals surface area contributed by atoms with Crippen LogP contribution in [-0.2, 0) is 10.3 Å². The molecule has 1 atom stereocenters. The maximum absolute atomic E-state index is 13.1. The molecule has 1 fully saturated rings. The summed E-state index contributed by atoms with van der Waals surface area (Å²) in [6, 6.07) is 12.9. The molecule has 152 valence electrons. The summed E-state index contributed by atoms with van der Waals surface area (Å²) in [6.07, 6.45) is 0.338. The maximum Gasteiger partial charge on any atom is 0.344 e. The molecule has 0 unspecified atom stereocenters. The number of nitrogens with one attached hydrogen (secondary N) is 2. The lowest BCUT2D eigenvalue weighted by atomic mass is 9.87. The predicted molar refractivity (Wildman–Crippen MR) is 105 cm³/mol. The molecular weight excluding hydrogens is 374 g/mol. The SMILES string of the molecule is CCOc1ccc(C(=O)NN2C(=O)N[C@](CC)(c3ccccc3)C2=O)cc1OC. The number of rotatable bonds is 7. The molecule has 0 aromatic heterocycles. The Morgan fingerprint density at radius 1 is 1.10 bits per heavy atom. The summed E-state index contributed by atoms with van der Waals surface area (Å²) in [5.74, 6) is -0.281. The Morgan fingerprint density at radius 3 is 2.45 bits per heavy atom. The monoisotopic (exact) mass is 397 g/mol. The van der Waals surface area contributed by atoms with Crippen LogP contribution >= 0.6 is 0 Å². The van der Waals surface area contributed by atoms with Crippen LogP contribution in [0.15, 0.2) is 48.5 Å². The molecule has 0 radical (unpaired) electrons. The lowest BCUT2D eigenvalue weighted by molar-refractivity contribution is -0.133. The summed E-state index contributed by atoms with van der Waals surface area (Å²) in [6.45, 7) is 4.08. The third-order valence-corrected chi connectivity index (χ3v) is 4.83. The molecular formula is C21H23N3O5. The Labute approximate surface area is 168 Å². The number of nitrogens with zero attached hydrogens (tertiary/aromatic N) is 1. The molecule has 0 bridgehead atoms. The Bertz CT molecular complexity index is 931. The lowest BCUT2D eigenvalue weighted by Gasteiger charge is -2.25. The average Bonchev–Trinajstić information content (AvgIpc) is 3.00. The van der Waals surface area contributed by atoms with Crippen molar-refractivity contribution in [1.82, 2.24) is 15.8 Å². The number of carbonyl (C=O) groups excluding carboxylic acids is 3. The van der Waals surface area contributed by atoms with E-state index in [1.165, 1.54) is 19.2 Å². The molecule has 3 rings (SSSR count). The minimum absolute atomic E-state index is 0.222. The van der Waals surface area contributed by atoms with E-state index >= 15 is 0 Å². The van der Waals surface area contributed by atoms with Crippen molar-refractivity contribution < 1.29 is 23.9 Å². The summed E-state index contributed by atoms with van der Waals surface area (Å²) < 4.78 is 10.7. The predicted octanol–water partition coefficient (Wildman–Crippen LogP) is 2.60. The summed E-state index contributed by atoms with van der Waals surface area (Å²) in [5, 5.41) is 3.44. The van der Waals surface area contributed by atoms with E-state index in [-0.39, 0.29) is 5.56 Å². The smallest absolute Gasteiger partial charge is 0.344 e. The van der Waals surface area contributed by atoms with Gasteiger partial charge in [-0.1, -0.05) is 37.3 Å². The highest BCUT2D eigenvalue weighted by Crippen LogP contribution is 2.32.